The molecule has 4 nitrogen and oxygen atoms in total. The van der Waals surface area contributed by atoms with Gasteiger partial charge in [0.25, 0.3) is 5.91 Å². The molecule has 1 amide bonds. The summed E-state index contributed by atoms with van der Waals surface area (Å²) < 4.78 is 5.28. The average Bonchev–Trinajstić information content (AvgIpc) is 3.15. The second-order valence-corrected chi connectivity index (χ2v) is 8.42. The highest BCUT2D eigenvalue weighted by Crippen LogP contribution is 2.40. The Morgan fingerprint density at radius 3 is 2.37 bits per heavy atom. The Hall–Kier alpha value is -2.44. The lowest BCUT2D eigenvalue weighted by Crippen LogP contribution is -2.15. The minimum absolute atomic E-state index is 0.205. The van der Waals surface area contributed by atoms with Gasteiger partial charge in [-0.1, -0.05) is 30.3 Å². The number of carbonyl (C=O) groups is 2. The first-order valence-electron chi connectivity index (χ1n) is 8.66. The van der Waals surface area contributed by atoms with Gasteiger partial charge < -0.3 is 10.1 Å². The highest BCUT2D eigenvalue weighted by Gasteiger charge is 2.26. The fourth-order valence-electron chi connectivity index (χ4n) is 2.89. The number of anilines is 1. The van der Waals surface area contributed by atoms with E-state index in [1.54, 1.807) is 18.3 Å². The number of hydrogen-bond acceptors (Lipinski definition) is 5. The Bertz CT molecular complexity index is 987. The van der Waals surface area contributed by atoms with Crippen LogP contribution >= 0.6 is 22.7 Å². The number of thiophene rings is 2. The monoisotopic (exact) mass is 399 g/mol. The number of aryl methyl sites for hydroxylation is 2. The van der Waals surface area contributed by atoms with Gasteiger partial charge >= 0.3 is 5.97 Å². The van der Waals surface area contributed by atoms with Crippen molar-refractivity contribution in [3.8, 4) is 11.1 Å². The molecule has 140 valence electrons. The van der Waals surface area contributed by atoms with Crippen LogP contribution < -0.4 is 5.32 Å². The zero-order valence-corrected chi connectivity index (χ0v) is 17.3. The summed E-state index contributed by atoms with van der Waals surface area (Å²) in [5, 5.41) is 5.31. The number of carbonyl (C=O) groups excluding carboxylic acids is 2. The van der Waals surface area contributed by atoms with E-state index in [4.69, 9.17) is 4.74 Å². The fourth-order valence-corrected chi connectivity index (χ4v) is 4.82. The predicted molar refractivity (Wildman–Crippen MR) is 112 cm³/mol. The lowest BCUT2D eigenvalue weighted by Gasteiger charge is -2.09. The topological polar surface area (TPSA) is 55.4 Å². The Balaban J connectivity index is 2.06. The molecule has 0 fully saturated rings. The summed E-state index contributed by atoms with van der Waals surface area (Å²) in [5.41, 5.74) is 3.76. The number of benzene rings is 1. The minimum Gasteiger partial charge on any atom is -0.462 e. The second-order valence-electron chi connectivity index (χ2n) is 6.11. The summed E-state index contributed by atoms with van der Waals surface area (Å²) in [6, 6.07) is 9.69. The van der Waals surface area contributed by atoms with Gasteiger partial charge in [-0.25, -0.2) is 4.79 Å². The van der Waals surface area contributed by atoms with E-state index >= 15 is 0 Å². The maximum atomic E-state index is 12.8. The SMILES string of the molecule is CCOC(=O)c1c(NC(=O)c2csc(C)c2C)sc(C)c1-c1ccccc1. The van der Waals surface area contributed by atoms with Crippen molar-refractivity contribution in [1.82, 2.24) is 0 Å². The third-order valence-corrected chi connectivity index (χ3v) is 6.42. The van der Waals surface area contributed by atoms with Crippen LogP contribution in [-0.4, -0.2) is 18.5 Å². The molecule has 2 heterocycles. The first-order chi connectivity index (χ1) is 12.9. The van der Waals surface area contributed by atoms with Crippen LogP contribution in [0.15, 0.2) is 35.7 Å². The van der Waals surface area contributed by atoms with Gasteiger partial charge in [0, 0.05) is 20.7 Å². The summed E-state index contributed by atoms with van der Waals surface area (Å²) in [4.78, 5) is 27.6. The van der Waals surface area contributed by atoms with Gasteiger partial charge in [0.05, 0.1) is 12.2 Å². The zero-order valence-electron chi connectivity index (χ0n) is 15.7. The third-order valence-electron chi connectivity index (χ3n) is 4.38. The molecule has 6 heteroatoms. The minimum atomic E-state index is -0.422. The normalized spacial score (nSPS) is 10.7. The molecule has 0 aliphatic carbocycles. The van der Waals surface area contributed by atoms with Crippen molar-refractivity contribution >= 4 is 39.6 Å². The number of rotatable bonds is 5. The molecular formula is C21H21NO3S2. The lowest BCUT2D eigenvalue weighted by atomic mass is 10.0. The van der Waals surface area contributed by atoms with E-state index in [-0.39, 0.29) is 12.5 Å². The third kappa shape index (κ3) is 3.82. The zero-order chi connectivity index (χ0) is 19.6. The van der Waals surface area contributed by atoms with Crippen LogP contribution in [0.5, 0.6) is 0 Å². The van der Waals surface area contributed by atoms with Crippen LogP contribution in [0, 0.1) is 20.8 Å². The molecule has 0 atom stereocenters. The van der Waals surface area contributed by atoms with Crippen LogP contribution in [0.4, 0.5) is 5.00 Å². The van der Waals surface area contributed by atoms with E-state index in [0.29, 0.717) is 16.1 Å². The van der Waals surface area contributed by atoms with E-state index in [1.807, 2.05) is 56.5 Å². The molecule has 0 saturated heterocycles. The molecule has 0 aliphatic rings. The Labute approximate surface area is 166 Å². The first-order valence-corrected chi connectivity index (χ1v) is 10.4. The number of hydrogen-bond donors (Lipinski definition) is 1. The summed E-state index contributed by atoms with van der Waals surface area (Å²) in [5.74, 6) is -0.627. The molecule has 27 heavy (non-hydrogen) atoms. The Kier molecular flexibility index (Phi) is 5.77. The fraction of sp³-hybridized carbons (Fsp3) is 0.238. The Morgan fingerprint density at radius 2 is 1.78 bits per heavy atom. The molecule has 3 rings (SSSR count). The molecule has 0 saturated carbocycles. The number of amides is 1. The summed E-state index contributed by atoms with van der Waals surface area (Å²) in [6.45, 7) is 7.92. The predicted octanol–water partition coefficient (Wildman–Crippen LogP) is 5.83. The van der Waals surface area contributed by atoms with Gasteiger partial charge in [-0.3, -0.25) is 4.79 Å². The van der Waals surface area contributed by atoms with E-state index in [9.17, 15) is 9.59 Å². The molecule has 2 aromatic heterocycles. The highest BCUT2D eigenvalue weighted by molar-refractivity contribution is 7.17. The second kappa shape index (κ2) is 8.06. The van der Waals surface area contributed by atoms with Gasteiger partial charge in [0.1, 0.15) is 10.6 Å². The molecule has 0 bridgehead atoms. The standard InChI is InChI=1S/C21H21NO3S2/c1-5-25-21(24)18-17(15-9-7-6-8-10-15)14(4)27-20(18)22-19(23)16-11-26-13(3)12(16)2/h6-11H,5H2,1-4H3,(H,22,23). The molecule has 0 unspecified atom stereocenters. The average molecular weight is 400 g/mol. The molecule has 0 aliphatic heterocycles. The van der Waals surface area contributed by atoms with Crippen molar-refractivity contribution in [2.75, 3.05) is 11.9 Å². The molecule has 3 aromatic rings. The van der Waals surface area contributed by atoms with Gasteiger partial charge in [-0.05, 0) is 38.8 Å². The van der Waals surface area contributed by atoms with E-state index in [2.05, 4.69) is 5.32 Å². The maximum Gasteiger partial charge on any atom is 0.341 e. The van der Waals surface area contributed by atoms with E-state index in [0.717, 1.165) is 26.4 Å². The molecule has 0 spiro atoms. The van der Waals surface area contributed by atoms with Crippen LogP contribution in [0.25, 0.3) is 11.1 Å². The lowest BCUT2D eigenvalue weighted by molar-refractivity contribution is 0.0529. The molecule has 0 radical (unpaired) electrons. The Morgan fingerprint density at radius 1 is 1.07 bits per heavy atom. The van der Waals surface area contributed by atoms with Crippen molar-refractivity contribution in [3.63, 3.8) is 0 Å². The maximum absolute atomic E-state index is 12.8. The van der Waals surface area contributed by atoms with Crippen LogP contribution in [0.1, 0.15) is 43.0 Å². The van der Waals surface area contributed by atoms with Crippen molar-refractivity contribution in [1.29, 1.82) is 0 Å². The molecular weight excluding hydrogens is 378 g/mol. The van der Waals surface area contributed by atoms with Crippen LogP contribution in [0.2, 0.25) is 0 Å². The first kappa shape index (κ1) is 19.3. The largest absolute Gasteiger partial charge is 0.462 e. The molecule has 1 N–H and O–H groups in total. The summed E-state index contributed by atoms with van der Waals surface area (Å²) >= 11 is 2.94. The molecule has 1 aromatic carbocycles. The quantitative estimate of drug-likeness (QED) is 0.549. The van der Waals surface area contributed by atoms with Gasteiger partial charge in [-0.15, -0.1) is 22.7 Å². The van der Waals surface area contributed by atoms with Crippen molar-refractivity contribution < 1.29 is 14.3 Å². The summed E-state index contributed by atoms with van der Waals surface area (Å²) in [7, 11) is 0. The smallest absolute Gasteiger partial charge is 0.341 e. The van der Waals surface area contributed by atoms with Crippen LogP contribution in [-0.2, 0) is 4.74 Å². The highest BCUT2D eigenvalue weighted by atomic mass is 32.1. The van der Waals surface area contributed by atoms with Crippen molar-refractivity contribution in [3.05, 3.63) is 62.2 Å². The van der Waals surface area contributed by atoms with E-state index in [1.165, 1.54) is 11.3 Å². The number of esters is 1. The van der Waals surface area contributed by atoms with Crippen molar-refractivity contribution in [2.45, 2.75) is 27.7 Å². The van der Waals surface area contributed by atoms with Gasteiger partial charge in [0.15, 0.2) is 0 Å². The van der Waals surface area contributed by atoms with Gasteiger partial charge in [-0.2, -0.15) is 0 Å². The van der Waals surface area contributed by atoms with E-state index < -0.39 is 5.97 Å². The van der Waals surface area contributed by atoms with Crippen LogP contribution in [0.3, 0.4) is 0 Å². The van der Waals surface area contributed by atoms with Gasteiger partial charge in [0.2, 0.25) is 0 Å². The number of nitrogens with one attached hydrogen (secondary N) is 1. The van der Waals surface area contributed by atoms with Crippen molar-refractivity contribution in [2.24, 2.45) is 0 Å². The summed E-state index contributed by atoms with van der Waals surface area (Å²) in [6.07, 6.45) is 0. The number of ether oxygens (including phenoxy) is 1.